The van der Waals surface area contributed by atoms with E-state index in [1.165, 1.54) is 51.5 Å². The van der Waals surface area contributed by atoms with Gasteiger partial charge in [-0.1, -0.05) is 18.6 Å². The summed E-state index contributed by atoms with van der Waals surface area (Å²) in [5.74, 6) is -0.00364. The van der Waals surface area contributed by atoms with Crippen LogP contribution < -0.4 is 5.32 Å². The van der Waals surface area contributed by atoms with Gasteiger partial charge in [-0.25, -0.2) is 0 Å². The van der Waals surface area contributed by atoms with Gasteiger partial charge >= 0.3 is 0 Å². The SMILES string of the molecule is Cc1sc(NC(=O)c2cccs2)c([C@H](c2cccs2)N2CCCCC2)c1C. The van der Waals surface area contributed by atoms with Gasteiger partial charge in [0.2, 0.25) is 0 Å². The van der Waals surface area contributed by atoms with E-state index >= 15 is 0 Å². The van der Waals surface area contributed by atoms with E-state index in [1.807, 2.05) is 28.8 Å². The van der Waals surface area contributed by atoms with Crippen molar-refractivity contribution in [2.75, 3.05) is 18.4 Å². The molecule has 4 rings (SSSR count). The maximum Gasteiger partial charge on any atom is 0.266 e. The minimum atomic E-state index is -0.00364. The van der Waals surface area contributed by atoms with Crippen LogP contribution in [-0.2, 0) is 0 Å². The lowest BCUT2D eigenvalue weighted by molar-refractivity contribution is 0.103. The zero-order chi connectivity index (χ0) is 18.8. The monoisotopic (exact) mass is 416 g/mol. The third kappa shape index (κ3) is 3.90. The van der Waals surface area contributed by atoms with Crippen LogP contribution in [0.4, 0.5) is 5.00 Å². The lowest BCUT2D eigenvalue weighted by atomic mass is 9.98. The summed E-state index contributed by atoms with van der Waals surface area (Å²) in [5, 5.41) is 8.34. The molecule has 1 N–H and O–H groups in total. The van der Waals surface area contributed by atoms with E-state index in [2.05, 4.69) is 41.6 Å². The van der Waals surface area contributed by atoms with Crippen molar-refractivity contribution in [3.05, 3.63) is 60.8 Å². The van der Waals surface area contributed by atoms with Gasteiger partial charge in [-0.15, -0.1) is 34.0 Å². The molecule has 1 saturated heterocycles. The average Bonchev–Trinajstić information content (AvgIpc) is 3.42. The summed E-state index contributed by atoms with van der Waals surface area (Å²) < 4.78 is 0. The maximum atomic E-state index is 12.7. The number of hydrogen-bond acceptors (Lipinski definition) is 5. The molecule has 3 aromatic heterocycles. The first kappa shape index (κ1) is 18.9. The highest BCUT2D eigenvalue weighted by molar-refractivity contribution is 7.17. The molecule has 0 radical (unpaired) electrons. The summed E-state index contributed by atoms with van der Waals surface area (Å²) in [7, 11) is 0. The Morgan fingerprint density at radius 3 is 2.48 bits per heavy atom. The molecular weight excluding hydrogens is 392 g/mol. The van der Waals surface area contributed by atoms with Crippen molar-refractivity contribution in [1.82, 2.24) is 4.90 Å². The molecule has 1 fully saturated rings. The number of thiophene rings is 3. The topological polar surface area (TPSA) is 32.3 Å². The molecule has 6 heteroatoms. The zero-order valence-corrected chi connectivity index (χ0v) is 18.1. The number of carbonyl (C=O) groups is 1. The third-order valence-electron chi connectivity index (χ3n) is 5.25. The largest absolute Gasteiger partial charge is 0.313 e. The standard InChI is InChI=1S/C21H24N2OS3/c1-14-15(2)27-21(22-20(24)17-9-7-13-26-17)18(14)19(16-8-6-12-25-16)23-10-4-3-5-11-23/h6-9,12-13,19H,3-5,10-11H2,1-2H3,(H,22,24)/t19-/m0/s1. The van der Waals surface area contributed by atoms with Crippen molar-refractivity contribution < 1.29 is 4.79 Å². The number of aryl methyl sites for hydroxylation is 1. The second kappa shape index (κ2) is 8.27. The van der Waals surface area contributed by atoms with Crippen LogP contribution in [0.5, 0.6) is 0 Å². The predicted molar refractivity (Wildman–Crippen MR) is 118 cm³/mol. The fraction of sp³-hybridized carbons (Fsp3) is 0.381. The molecule has 0 unspecified atom stereocenters. The quantitative estimate of drug-likeness (QED) is 0.528. The molecule has 0 spiro atoms. The van der Waals surface area contributed by atoms with Gasteiger partial charge in [-0.2, -0.15) is 0 Å². The van der Waals surface area contributed by atoms with E-state index < -0.39 is 0 Å². The molecule has 3 aromatic rings. The minimum absolute atomic E-state index is 0.00364. The summed E-state index contributed by atoms with van der Waals surface area (Å²) in [6, 6.07) is 8.41. The predicted octanol–water partition coefficient (Wildman–Crippen LogP) is 6.32. The summed E-state index contributed by atoms with van der Waals surface area (Å²) in [5.41, 5.74) is 2.59. The lowest BCUT2D eigenvalue weighted by Gasteiger charge is -2.35. The number of carbonyl (C=O) groups excluding carboxylic acids is 1. The van der Waals surface area contributed by atoms with Gasteiger partial charge in [0.05, 0.1) is 10.9 Å². The van der Waals surface area contributed by atoms with Gasteiger partial charge in [0.25, 0.3) is 5.91 Å². The Kier molecular flexibility index (Phi) is 5.78. The molecule has 4 heterocycles. The van der Waals surface area contributed by atoms with Gasteiger partial charge in [0.15, 0.2) is 0 Å². The average molecular weight is 417 g/mol. The van der Waals surface area contributed by atoms with Gasteiger partial charge in [-0.05, 0) is 68.2 Å². The molecule has 0 aromatic carbocycles. The number of likely N-dealkylation sites (tertiary alicyclic amines) is 1. The van der Waals surface area contributed by atoms with Crippen LogP contribution in [0.15, 0.2) is 35.0 Å². The summed E-state index contributed by atoms with van der Waals surface area (Å²) in [4.78, 5) is 18.7. The number of hydrogen-bond donors (Lipinski definition) is 1. The second-order valence-electron chi connectivity index (χ2n) is 6.97. The Bertz CT molecular complexity index is 890. The molecule has 0 bridgehead atoms. The Morgan fingerprint density at radius 2 is 1.81 bits per heavy atom. The van der Waals surface area contributed by atoms with Crippen LogP contribution >= 0.6 is 34.0 Å². The number of piperidine rings is 1. The Hall–Kier alpha value is -1.47. The van der Waals surface area contributed by atoms with Gasteiger partial charge < -0.3 is 5.32 Å². The summed E-state index contributed by atoms with van der Waals surface area (Å²) >= 11 is 5.01. The fourth-order valence-electron chi connectivity index (χ4n) is 3.77. The molecule has 1 aliphatic rings. The molecule has 1 aliphatic heterocycles. The molecular formula is C21H24N2OS3. The molecule has 142 valence electrons. The zero-order valence-electron chi connectivity index (χ0n) is 15.7. The van der Waals surface area contributed by atoms with Gasteiger partial charge in [0.1, 0.15) is 5.00 Å². The molecule has 0 aliphatic carbocycles. The normalized spacial score (nSPS) is 16.4. The first-order chi connectivity index (χ1) is 13.1. The number of nitrogens with one attached hydrogen (secondary N) is 1. The van der Waals surface area contributed by atoms with Crippen molar-refractivity contribution >= 4 is 44.9 Å². The molecule has 1 atom stereocenters. The lowest BCUT2D eigenvalue weighted by Crippen LogP contribution is -2.34. The molecule has 3 nitrogen and oxygen atoms in total. The Morgan fingerprint density at radius 1 is 1.07 bits per heavy atom. The summed E-state index contributed by atoms with van der Waals surface area (Å²) in [6.45, 7) is 6.60. The van der Waals surface area contributed by atoms with Crippen molar-refractivity contribution in [3.63, 3.8) is 0 Å². The molecule has 27 heavy (non-hydrogen) atoms. The highest BCUT2D eigenvalue weighted by Crippen LogP contribution is 2.44. The van der Waals surface area contributed by atoms with E-state index in [9.17, 15) is 4.79 Å². The van der Waals surface area contributed by atoms with Gasteiger partial charge in [-0.3, -0.25) is 9.69 Å². The second-order valence-corrected chi connectivity index (χ2v) is 10.1. The fourth-order valence-corrected chi connectivity index (χ4v) is 6.34. The minimum Gasteiger partial charge on any atom is -0.313 e. The highest BCUT2D eigenvalue weighted by atomic mass is 32.1. The number of rotatable bonds is 5. The molecule has 1 amide bonds. The van der Waals surface area contributed by atoms with Gasteiger partial charge in [0, 0.05) is 15.3 Å². The third-order valence-corrected chi connectivity index (χ3v) is 8.18. The smallest absolute Gasteiger partial charge is 0.266 e. The van der Waals surface area contributed by atoms with Crippen LogP contribution in [0, 0.1) is 13.8 Å². The Balaban J connectivity index is 1.74. The van der Waals surface area contributed by atoms with E-state index in [0.29, 0.717) is 0 Å². The highest BCUT2D eigenvalue weighted by Gasteiger charge is 2.30. The van der Waals surface area contributed by atoms with E-state index in [-0.39, 0.29) is 11.9 Å². The van der Waals surface area contributed by atoms with Crippen LogP contribution in [0.3, 0.4) is 0 Å². The number of anilines is 1. The Labute approximate surface area is 172 Å². The van der Waals surface area contributed by atoms with Crippen molar-refractivity contribution in [3.8, 4) is 0 Å². The number of nitrogens with zero attached hydrogens (tertiary/aromatic N) is 1. The molecule has 0 saturated carbocycles. The number of amides is 1. The van der Waals surface area contributed by atoms with E-state index in [0.717, 1.165) is 23.0 Å². The first-order valence-corrected chi connectivity index (χ1v) is 11.9. The van der Waals surface area contributed by atoms with Crippen molar-refractivity contribution in [2.45, 2.75) is 39.2 Å². The van der Waals surface area contributed by atoms with Crippen LogP contribution in [-0.4, -0.2) is 23.9 Å². The maximum absolute atomic E-state index is 12.7. The van der Waals surface area contributed by atoms with Crippen molar-refractivity contribution in [1.29, 1.82) is 0 Å². The van der Waals surface area contributed by atoms with Crippen molar-refractivity contribution in [2.24, 2.45) is 0 Å². The van der Waals surface area contributed by atoms with Crippen LogP contribution in [0.2, 0.25) is 0 Å². The summed E-state index contributed by atoms with van der Waals surface area (Å²) in [6.07, 6.45) is 3.82. The van der Waals surface area contributed by atoms with Crippen LogP contribution in [0.1, 0.15) is 55.9 Å². The van der Waals surface area contributed by atoms with Crippen LogP contribution in [0.25, 0.3) is 0 Å². The van der Waals surface area contributed by atoms with E-state index in [4.69, 9.17) is 0 Å². The first-order valence-electron chi connectivity index (χ1n) is 9.37. The van der Waals surface area contributed by atoms with E-state index in [1.54, 1.807) is 11.3 Å².